The summed E-state index contributed by atoms with van der Waals surface area (Å²) >= 11 is 5.69. The van der Waals surface area contributed by atoms with Gasteiger partial charge >= 0.3 is 0 Å². The third-order valence-corrected chi connectivity index (χ3v) is 2.01. The van der Waals surface area contributed by atoms with Gasteiger partial charge in [0.2, 0.25) is 5.91 Å². The molecule has 3 N–H and O–H groups in total. The molecule has 70 valence electrons. The largest absolute Gasteiger partial charge is 0.358 e. The molecular weight excluding hydrogens is 188 g/mol. The molecule has 0 bridgehead atoms. The summed E-state index contributed by atoms with van der Waals surface area (Å²) in [7, 11) is 1.55. The van der Waals surface area contributed by atoms with Crippen molar-refractivity contribution in [2.45, 2.75) is 6.04 Å². The van der Waals surface area contributed by atoms with E-state index in [0.717, 1.165) is 5.56 Å². The lowest BCUT2D eigenvalue weighted by Gasteiger charge is -2.09. The fraction of sp³-hybridized carbons (Fsp3) is 0.222. The summed E-state index contributed by atoms with van der Waals surface area (Å²) in [6.45, 7) is 0. The Kier molecular flexibility index (Phi) is 3.28. The average molecular weight is 199 g/mol. The van der Waals surface area contributed by atoms with Crippen LogP contribution < -0.4 is 11.1 Å². The molecule has 0 spiro atoms. The molecule has 4 heteroatoms. The van der Waals surface area contributed by atoms with E-state index in [9.17, 15) is 4.79 Å². The highest BCUT2D eigenvalue weighted by Gasteiger charge is 2.12. The van der Waals surface area contributed by atoms with Crippen LogP contribution >= 0.6 is 11.6 Å². The normalized spacial score (nSPS) is 12.2. The number of carbonyl (C=O) groups is 1. The van der Waals surface area contributed by atoms with Gasteiger partial charge < -0.3 is 11.1 Å². The van der Waals surface area contributed by atoms with Crippen LogP contribution in [0.2, 0.25) is 5.02 Å². The Morgan fingerprint density at radius 2 is 2.00 bits per heavy atom. The zero-order valence-electron chi connectivity index (χ0n) is 7.25. The molecule has 0 fully saturated rings. The topological polar surface area (TPSA) is 55.1 Å². The maximum absolute atomic E-state index is 11.1. The summed E-state index contributed by atoms with van der Waals surface area (Å²) in [4.78, 5) is 11.1. The molecule has 0 saturated carbocycles. The molecule has 13 heavy (non-hydrogen) atoms. The monoisotopic (exact) mass is 198 g/mol. The van der Waals surface area contributed by atoms with Crippen molar-refractivity contribution in [1.29, 1.82) is 0 Å². The van der Waals surface area contributed by atoms with Crippen LogP contribution in [0.4, 0.5) is 0 Å². The lowest BCUT2D eigenvalue weighted by molar-refractivity contribution is -0.121. The molecule has 1 aromatic carbocycles. The molecule has 0 aliphatic heterocycles. The first-order valence-electron chi connectivity index (χ1n) is 3.88. The van der Waals surface area contributed by atoms with Crippen molar-refractivity contribution in [2.75, 3.05) is 7.05 Å². The van der Waals surface area contributed by atoms with E-state index in [4.69, 9.17) is 17.3 Å². The number of likely N-dealkylation sites (N-methyl/N-ethyl adjacent to an activating group) is 1. The van der Waals surface area contributed by atoms with Gasteiger partial charge in [-0.1, -0.05) is 23.7 Å². The van der Waals surface area contributed by atoms with E-state index in [1.807, 2.05) is 0 Å². The second-order valence-corrected chi connectivity index (χ2v) is 3.08. The van der Waals surface area contributed by atoms with Crippen LogP contribution in [-0.2, 0) is 4.79 Å². The molecule has 0 aliphatic rings. The zero-order valence-corrected chi connectivity index (χ0v) is 8.01. The molecule has 0 saturated heterocycles. The average Bonchev–Trinajstić information content (AvgIpc) is 2.17. The standard InChI is InChI=1S/C9H11ClN2O/c1-12-9(13)8(11)6-2-4-7(10)5-3-6/h2-5,8H,11H2,1H3,(H,12,13)/t8-/m0/s1. The van der Waals surface area contributed by atoms with Crippen molar-refractivity contribution in [3.05, 3.63) is 34.9 Å². The Bertz CT molecular complexity index is 297. The molecule has 0 aromatic heterocycles. The lowest BCUT2D eigenvalue weighted by Crippen LogP contribution is -2.31. The maximum atomic E-state index is 11.1. The van der Waals surface area contributed by atoms with Gasteiger partial charge in [0.1, 0.15) is 6.04 Å². The number of amides is 1. The van der Waals surface area contributed by atoms with Crippen LogP contribution in [0.5, 0.6) is 0 Å². The number of benzene rings is 1. The second kappa shape index (κ2) is 4.25. The summed E-state index contributed by atoms with van der Waals surface area (Å²) in [5, 5.41) is 3.11. The molecular formula is C9H11ClN2O. The molecule has 0 aliphatic carbocycles. The highest BCUT2D eigenvalue weighted by atomic mass is 35.5. The van der Waals surface area contributed by atoms with Crippen molar-refractivity contribution >= 4 is 17.5 Å². The van der Waals surface area contributed by atoms with E-state index in [0.29, 0.717) is 5.02 Å². The van der Waals surface area contributed by atoms with Gasteiger partial charge in [-0.2, -0.15) is 0 Å². The lowest BCUT2D eigenvalue weighted by atomic mass is 10.1. The number of rotatable bonds is 2. The molecule has 0 heterocycles. The fourth-order valence-corrected chi connectivity index (χ4v) is 1.10. The zero-order chi connectivity index (χ0) is 9.84. The second-order valence-electron chi connectivity index (χ2n) is 2.64. The Labute approximate surface area is 81.9 Å². The van der Waals surface area contributed by atoms with Crippen LogP contribution in [0.25, 0.3) is 0 Å². The van der Waals surface area contributed by atoms with Crippen LogP contribution in [-0.4, -0.2) is 13.0 Å². The summed E-state index contributed by atoms with van der Waals surface area (Å²) in [6, 6.07) is 6.27. The first-order chi connectivity index (χ1) is 6.15. The van der Waals surface area contributed by atoms with Crippen LogP contribution in [0.3, 0.4) is 0 Å². The van der Waals surface area contributed by atoms with Crippen LogP contribution in [0, 0.1) is 0 Å². The number of nitrogens with two attached hydrogens (primary N) is 1. The van der Waals surface area contributed by atoms with E-state index in [1.165, 1.54) is 0 Å². The van der Waals surface area contributed by atoms with Gasteiger partial charge in [0, 0.05) is 12.1 Å². The van der Waals surface area contributed by atoms with Crippen molar-refractivity contribution in [3.8, 4) is 0 Å². The number of nitrogens with one attached hydrogen (secondary N) is 1. The summed E-state index contributed by atoms with van der Waals surface area (Å²) < 4.78 is 0. The number of hydrogen-bond donors (Lipinski definition) is 2. The SMILES string of the molecule is CNC(=O)[C@@H](N)c1ccc(Cl)cc1. The summed E-state index contributed by atoms with van der Waals surface area (Å²) in [6.07, 6.45) is 0. The van der Waals surface area contributed by atoms with Gasteiger partial charge in [-0.15, -0.1) is 0 Å². The molecule has 1 aromatic rings. The van der Waals surface area contributed by atoms with E-state index >= 15 is 0 Å². The maximum Gasteiger partial charge on any atom is 0.241 e. The first kappa shape index (κ1) is 10.0. The van der Waals surface area contributed by atoms with E-state index < -0.39 is 6.04 Å². The van der Waals surface area contributed by atoms with Gasteiger partial charge in [-0.25, -0.2) is 0 Å². The fourth-order valence-electron chi connectivity index (χ4n) is 0.977. The predicted octanol–water partition coefficient (Wildman–Crippen LogP) is 1.09. The minimum atomic E-state index is -0.623. The third kappa shape index (κ3) is 2.44. The molecule has 1 rings (SSSR count). The minimum Gasteiger partial charge on any atom is -0.358 e. The van der Waals surface area contributed by atoms with Crippen molar-refractivity contribution in [3.63, 3.8) is 0 Å². The quantitative estimate of drug-likeness (QED) is 0.748. The Morgan fingerprint density at radius 1 is 1.46 bits per heavy atom. The van der Waals surface area contributed by atoms with Gasteiger partial charge in [0.05, 0.1) is 0 Å². The highest BCUT2D eigenvalue weighted by molar-refractivity contribution is 6.30. The highest BCUT2D eigenvalue weighted by Crippen LogP contribution is 2.14. The molecule has 0 unspecified atom stereocenters. The summed E-state index contributed by atoms with van der Waals surface area (Å²) in [5.74, 6) is -0.206. The van der Waals surface area contributed by atoms with E-state index in [-0.39, 0.29) is 5.91 Å². The van der Waals surface area contributed by atoms with Crippen molar-refractivity contribution in [1.82, 2.24) is 5.32 Å². The van der Waals surface area contributed by atoms with Gasteiger partial charge in [0.25, 0.3) is 0 Å². The Balaban J connectivity index is 2.83. The van der Waals surface area contributed by atoms with Gasteiger partial charge in [-0.3, -0.25) is 4.79 Å². The Morgan fingerprint density at radius 3 is 2.46 bits per heavy atom. The number of carbonyl (C=O) groups excluding carboxylic acids is 1. The van der Waals surface area contributed by atoms with E-state index in [2.05, 4.69) is 5.32 Å². The third-order valence-electron chi connectivity index (χ3n) is 1.76. The van der Waals surface area contributed by atoms with Gasteiger partial charge in [0.15, 0.2) is 0 Å². The first-order valence-corrected chi connectivity index (χ1v) is 4.25. The summed E-state index contributed by atoms with van der Waals surface area (Å²) in [5.41, 5.74) is 6.40. The molecule has 0 radical (unpaired) electrons. The van der Waals surface area contributed by atoms with Gasteiger partial charge in [-0.05, 0) is 17.7 Å². The molecule has 1 amide bonds. The van der Waals surface area contributed by atoms with Crippen LogP contribution in [0.1, 0.15) is 11.6 Å². The number of halogens is 1. The number of hydrogen-bond acceptors (Lipinski definition) is 2. The van der Waals surface area contributed by atoms with Crippen LogP contribution in [0.15, 0.2) is 24.3 Å². The smallest absolute Gasteiger partial charge is 0.241 e. The van der Waals surface area contributed by atoms with Crippen molar-refractivity contribution in [2.24, 2.45) is 5.73 Å². The Hall–Kier alpha value is -1.06. The minimum absolute atomic E-state index is 0.206. The molecule has 1 atom stereocenters. The van der Waals surface area contributed by atoms with Crippen molar-refractivity contribution < 1.29 is 4.79 Å². The predicted molar refractivity (Wildman–Crippen MR) is 52.4 cm³/mol. The molecule has 3 nitrogen and oxygen atoms in total. The van der Waals surface area contributed by atoms with E-state index in [1.54, 1.807) is 31.3 Å².